The average Bonchev–Trinajstić information content (AvgIpc) is 2.27. The van der Waals surface area contributed by atoms with Gasteiger partial charge in [-0.25, -0.2) is 8.78 Å². The van der Waals surface area contributed by atoms with Crippen LogP contribution in [0.3, 0.4) is 0 Å². The third-order valence-electron chi connectivity index (χ3n) is 1.89. The number of methoxy groups -OCH3 is 1. The molecule has 88 valence electrons. The van der Waals surface area contributed by atoms with Crippen LogP contribution in [-0.4, -0.2) is 29.8 Å². The second-order valence-electron chi connectivity index (χ2n) is 2.79. The molecule has 1 aromatic rings. The molecule has 1 rings (SSSR count). The predicted octanol–water partition coefficient (Wildman–Crippen LogP) is 1.54. The van der Waals surface area contributed by atoms with Crippen molar-refractivity contribution in [1.29, 1.82) is 0 Å². The monoisotopic (exact) mass is 236 g/mol. The molecule has 2 N–H and O–H groups in total. The molecule has 0 amide bonds. The Morgan fingerprint density at radius 3 is 2.25 bits per heavy atom. The van der Waals surface area contributed by atoms with Gasteiger partial charge in [-0.15, -0.1) is 0 Å². The van der Waals surface area contributed by atoms with Crippen molar-refractivity contribution in [2.24, 2.45) is 0 Å². The fourth-order valence-electron chi connectivity index (χ4n) is 1.16. The van der Waals surface area contributed by atoms with Crippen LogP contribution < -0.4 is 4.74 Å². The molecule has 0 saturated heterocycles. The number of carbonyl (C=O) groups excluding carboxylic acids is 1. The number of hydrogen-bond donors (Lipinski definition) is 2. The summed E-state index contributed by atoms with van der Waals surface area (Å²) in [7, 11) is 0.954. The maximum absolute atomic E-state index is 13.1. The molecule has 0 radical (unpaired) electrons. The summed E-state index contributed by atoms with van der Waals surface area (Å²) < 4.78 is 42.6. The zero-order valence-corrected chi connectivity index (χ0v) is 8.05. The molecule has 4 nitrogen and oxygen atoms in total. The van der Waals surface area contributed by atoms with E-state index in [2.05, 4.69) is 4.74 Å². The zero-order chi connectivity index (χ0) is 12.5. The highest BCUT2D eigenvalue weighted by atomic mass is 19.2. The van der Waals surface area contributed by atoms with Crippen LogP contribution in [0.4, 0.5) is 13.2 Å². The number of Topliss-reactive ketones (excluding diaryl/α,β-unsaturated/α-hetero) is 1. The molecule has 0 saturated carbocycles. The highest BCUT2D eigenvalue weighted by Crippen LogP contribution is 2.42. The Kier molecular flexibility index (Phi) is 3.26. The van der Waals surface area contributed by atoms with Crippen molar-refractivity contribution in [1.82, 2.24) is 0 Å². The number of aromatic hydroxyl groups is 2. The topological polar surface area (TPSA) is 66.8 Å². The number of phenolic OH excluding ortho intramolecular Hbond substituents is 2. The second kappa shape index (κ2) is 4.30. The number of alkyl halides is 1. The van der Waals surface area contributed by atoms with Crippen LogP contribution >= 0.6 is 0 Å². The molecule has 0 spiro atoms. The molecule has 0 aliphatic carbocycles. The lowest BCUT2D eigenvalue weighted by Gasteiger charge is -2.11. The molecule has 0 heterocycles. The van der Waals surface area contributed by atoms with Crippen molar-refractivity contribution in [3.8, 4) is 17.2 Å². The first-order valence-electron chi connectivity index (χ1n) is 4.01. The van der Waals surface area contributed by atoms with Crippen LogP contribution in [0.2, 0.25) is 0 Å². The quantitative estimate of drug-likeness (QED) is 0.781. The largest absolute Gasteiger partial charge is 0.504 e. The molecular weight excluding hydrogens is 229 g/mol. The summed E-state index contributed by atoms with van der Waals surface area (Å²) in [6.07, 6.45) is 0. The van der Waals surface area contributed by atoms with Crippen LogP contribution in [0, 0.1) is 11.6 Å². The lowest BCUT2D eigenvalue weighted by molar-refractivity contribution is 0.0949. The first-order valence-corrected chi connectivity index (χ1v) is 4.01. The van der Waals surface area contributed by atoms with E-state index in [4.69, 9.17) is 5.11 Å². The lowest BCUT2D eigenvalue weighted by atomic mass is 10.1. The van der Waals surface area contributed by atoms with Gasteiger partial charge in [0.1, 0.15) is 5.56 Å². The summed E-state index contributed by atoms with van der Waals surface area (Å²) >= 11 is 0. The third kappa shape index (κ3) is 1.64. The van der Waals surface area contributed by atoms with Crippen molar-refractivity contribution < 1.29 is 32.9 Å². The van der Waals surface area contributed by atoms with Gasteiger partial charge in [0.2, 0.25) is 23.1 Å². The van der Waals surface area contributed by atoms with Crippen molar-refractivity contribution in [3.05, 3.63) is 17.2 Å². The van der Waals surface area contributed by atoms with Crippen LogP contribution in [0.15, 0.2) is 0 Å². The van der Waals surface area contributed by atoms with Crippen molar-refractivity contribution >= 4 is 5.78 Å². The van der Waals surface area contributed by atoms with E-state index in [1.807, 2.05) is 0 Å². The first kappa shape index (κ1) is 12.2. The Bertz CT molecular complexity index is 445. The molecular formula is C9H7F3O4. The third-order valence-corrected chi connectivity index (χ3v) is 1.89. The van der Waals surface area contributed by atoms with Gasteiger partial charge in [0.05, 0.1) is 7.11 Å². The standard InChI is InChI=1S/C9H7F3O4/c1-16-9-7(14)4(3(13)2-10)5(11)6(12)8(9)15/h14-15H,2H2,1H3. The van der Waals surface area contributed by atoms with Gasteiger partial charge in [-0.05, 0) is 0 Å². The Morgan fingerprint density at radius 1 is 1.25 bits per heavy atom. The van der Waals surface area contributed by atoms with Crippen molar-refractivity contribution in [2.45, 2.75) is 0 Å². The zero-order valence-electron chi connectivity index (χ0n) is 8.05. The van der Waals surface area contributed by atoms with E-state index in [-0.39, 0.29) is 0 Å². The molecule has 0 atom stereocenters. The van der Waals surface area contributed by atoms with Crippen LogP contribution in [0.5, 0.6) is 17.2 Å². The summed E-state index contributed by atoms with van der Waals surface area (Å²) in [4.78, 5) is 10.9. The summed E-state index contributed by atoms with van der Waals surface area (Å²) in [5.41, 5.74) is -1.19. The van der Waals surface area contributed by atoms with E-state index < -0.39 is 46.9 Å². The summed E-state index contributed by atoms with van der Waals surface area (Å²) in [5.74, 6) is -8.30. The molecule has 0 aliphatic heterocycles. The number of halogens is 3. The number of ketones is 1. The average molecular weight is 236 g/mol. The lowest BCUT2D eigenvalue weighted by Crippen LogP contribution is -2.08. The molecule has 0 aromatic heterocycles. The molecule has 1 aromatic carbocycles. The number of carbonyl (C=O) groups is 1. The van der Waals surface area contributed by atoms with Crippen LogP contribution in [-0.2, 0) is 0 Å². The Balaban J connectivity index is 3.62. The molecule has 7 heteroatoms. The normalized spacial score (nSPS) is 10.2. The Hall–Kier alpha value is -1.92. The maximum Gasteiger partial charge on any atom is 0.206 e. The fourth-order valence-corrected chi connectivity index (χ4v) is 1.16. The minimum Gasteiger partial charge on any atom is -0.504 e. The SMILES string of the molecule is COc1c(O)c(F)c(F)c(C(=O)CF)c1O. The Morgan fingerprint density at radius 2 is 1.81 bits per heavy atom. The van der Waals surface area contributed by atoms with Gasteiger partial charge in [-0.2, -0.15) is 4.39 Å². The number of phenols is 2. The minimum absolute atomic E-state index is 0.823. The second-order valence-corrected chi connectivity index (χ2v) is 2.79. The molecule has 0 fully saturated rings. The van der Waals surface area contributed by atoms with Gasteiger partial charge in [-0.1, -0.05) is 0 Å². The predicted molar refractivity (Wildman–Crippen MR) is 46.5 cm³/mol. The van der Waals surface area contributed by atoms with Gasteiger partial charge < -0.3 is 14.9 Å². The first-order chi connectivity index (χ1) is 7.45. The Labute approximate surface area is 87.9 Å². The maximum atomic E-state index is 13.1. The molecule has 0 bridgehead atoms. The van der Waals surface area contributed by atoms with E-state index in [1.54, 1.807) is 0 Å². The van der Waals surface area contributed by atoms with Gasteiger partial charge >= 0.3 is 0 Å². The van der Waals surface area contributed by atoms with Crippen molar-refractivity contribution in [3.63, 3.8) is 0 Å². The summed E-state index contributed by atoms with van der Waals surface area (Å²) in [6, 6.07) is 0. The van der Waals surface area contributed by atoms with Gasteiger partial charge in [-0.3, -0.25) is 4.79 Å². The minimum atomic E-state index is -1.82. The summed E-state index contributed by atoms with van der Waals surface area (Å²) in [6.45, 7) is -1.61. The van der Waals surface area contributed by atoms with E-state index >= 15 is 0 Å². The number of ether oxygens (including phenoxy) is 1. The smallest absolute Gasteiger partial charge is 0.206 e. The van der Waals surface area contributed by atoms with E-state index in [0.29, 0.717) is 0 Å². The van der Waals surface area contributed by atoms with E-state index in [0.717, 1.165) is 7.11 Å². The van der Waals surface area contributed by atoms with Gasteiger partial charge in [0.15, 0.2) is 18.2 Å². The van der Waals surface area contributed by atoms with Gasteiger partial charge in [0.25, 0.3) is 0 Å². The number of benzene rings is 1. The summed E-state index contributed by atoms with van der Waals surface area (Å²) in [5, 5.41) is 18.3. The van der Waals surface area contributed by atoms with E-state index in [1.165, 1.54) is 0 Å². The van der Waals surface area contributed by atoms with E-state index in [9.17, 15) is 23.1 Å². The molecule has 0 unspecified atom stereocenters. The molecule has 0 aliphatic rings. The van der Waals surface area contributed by atoms with Gasteiger partial charge in [0, 0.05) is 0 Å². The molecule has 16 heavy (non-hydrogen) atoms. The highest BCUT2D eigenvalue weighted by Gasteiger charge is 2.28. The van der Waals surface area contributed by atoms with Crippen LogP contribution in [0.1, 0.15) is 10.4 Å². The number of hydrogen-bond acceptors (Lipinski definition) is 4. The van der Waals surface area contributed by atoms with Crippen molar-refractivity contribution in [2.75, 3.05) is 13.8 Å². The fraction of sp³-hybridized carbons (Fsp3) is 0.222. The highest BCUT2D eigenvalue weighted by molar-refractivity contribution is 6.00. The number of rotatable bonds is 3. The van der Waals surface area contributed by atoms with Crippen LogP contribution in [0.25, 0.3) is 0 Å².